The van der Waals surface area contributed by atoms with E-state index in [4.69, 9.17) is 17.3 Å². The molecule has 1 unspecified atom stereocenters. The lowest BCUT2D eigenvalue weighted by atomic mass is 9.75. The summed E-state index contributed by atoms with van der Waals surface area (Å²) in [4.78, 5) is 24.2. The first-order valence-electron chi connectivity index (χ1n) is 8.99. The first-order chi connectivity index (χ1) is 12.1. The van der Waals surface area contributed by atoms with Gasteiger partial charge in [-0.3, -0.25) is 4.79 Å². The van der Waals surface area contributed by atoms with Crippen LogP contribution in [0.15, 0.2) is 12.1 Å². The summed E-state index contributed by atoms with van der Waals surface area (Å²) in [7, 11) is 0. The Morgan fingerprint density at radius 2 is 1.85 bits per heavy atom. The van der Waals surface area contributed by atoms with Crippen molar-refractivity contribution < 1.29 is 14.7 Å². The number of hydrogen-bond donors (Lipinski definition) is 4. The van der Waals surface area contributed by atoms with Crippen LogP contribution in [0, 0.1) is 5.41 Å². The zero-order valence-corrected chi connectivity index (χ0v) is 16.3. The van der Waals surface area contributed by atoms with Gasteiger partial charge in [-0.25, -0.2) is 4.79 Å². The fourth-order valence-corrected chi connectivity index (χ4v) is 3.79. The van der Waals surface area contributed by atoms with Gasteiger partial charge in [-0.2, -0.15) is 0 Å². The summed E-state index contributed by atoms with van der Waals surface area (Å²) >= 11 is 6.12. The number of nitrogens with two attached hydrogens (primary N) is 1. The highest BCUT2D eigenvalue weighted by Crippen LogP contribution is 2.43. The summed E-state index contributed by atoms with van der Waals surface area (Å²) in [6.07, 6.45) is 5.39. The van der Waals surface area contributed by atoms with Gasteiger partial charge in [0.05, 0.1) is 10.9 Å². The summed E-state index contributed by atoms with van der Waals surface area (Å²) in [5.74, 6) is -1.50. The van der Waals surface area contributed by atoms with E-state index in [1.54, 1.807) is 6.07 Å². The fraction of sp³-hybridized carbons (Fsp3) is 0.579. The Kier molecular flexibility index (Phi) is 6.39. The molecular weight excluding hydrogens is 354 g/mol. The highest BCUT2D eigenvalue weighted by Gasteiger charge is 2.34. The summed E-state index contributed by atoms with van der Waals surface area (Å²) in [5.41, 5.74) is 5.76. The highest BCUT2D eigenvalue weighted by atomic mass is 35.5. The number of carbonyl (C=O) groups is 2. The normalized spacial score (nSPS) is 16.8. The summed E-state index contributed by atoms with van der Waals surface area (Å²) in [6.45, 7) is 5.56. The van der Waals surface area contributed by atoms with E-state index >= 15 is 0 Å². The van der Waals surface area contributed by atoms with Crippen LogP contribution in [0.4, 0.5) is 10.5 Å². The molecule has 2 rings (SSSR count). The van der Waals surface area contributed by atoms with E-state index in [9.17, 15) is 14.7 Å². The summed E-state index contributed by atoms with van der Waals surface area (Å²) in [6, 6.07) is 2.86. The molecule has 3 amide bonds. The lowest BCUT2D eigenvalue weighted by Gasteiger charge is -2.29. The number of phenols is 1. The van der Waals surface area contributed by atoms with E-state index in [0.717, 1.165) is 25.7 Å². The predicted molar refractivity (Wildman–Crippen MR) is 104 cm³/mol. The molecule has 0 heterocycles. The summed E-state index contributed by atoms with van der Waals surface area (Å²) < 4.78 is 0. The fourth-order valence-electron chi connectivity index (χ4n) is 3.56. The van der Waals surface area contributed by atoms with Crippen molar-refractivity contribution >= 4 is 29.2 Å². The number of phenolic OH excluding ortho intramolecular Hbond substituents is 1. The molecule has 0 spiro atoms. The predicted octanol–water partition coefficient (Wildman–Crippen LogP) is 4.11. The first kappa shape index (κ1) is 20.4. The van der Waals surface area contributed by atoms with Gasteiger partial charge in [0.25, 0.3) is 0 Å². The Morgan fingerprint density at radius 3 is 2.38 bits per heavy atom. The maximum atomic E-state index is 12.3. The number of halogens is 1. The molecule has 1 aromatic carbocycles. The molecule has 1 fully saturated rings. The smallest absolute Gasteiger partial charge is 0.319 e. The topological polar surface area (TPSA) is 104 Å². The lowest BCUT2D eigenvalue weighted by Crippen LogP contribution is -2.39. The average molecular weight is 382 g/mol. The van der Waals surface area contributed by atoms with Crippen LogP contribution < -0.4 is 16.4 Å². The van der Waals surface area contributed by atoms with Crippen LogP contribution in [0.3, 0.4) is 0 Å². The second kappa shape index (κ2) is 8.16. The Balaban J connectivity index is 2.23. The Morgan fingerprint density at radius 1 is 1.23 bits per heavy atom. The Bertz CT molecular complexity index is 679. The molecule has 1 aliphatic carbocycles. The molecule has 26 heavy (non-hydrogen) atoms. The number of benzene rings is 1. The molecule has 0 saturated heterocycles. The molecule has 0 radical (unpaired) electrons. The van der Waals surface area contributed by atoms with E-state index < -0.39 is 17.2 Å². The van der Waals surface area contributed by atoms with Crippen LogP contribution >= 0.6 is 11.6 Å². The second-order valence-corrected chi connectivity index (χ2v) is 8.44. The number of aromatic hydroxyl groups is 1. The van der Waals surface area contributed by atoms with Crippen molar-refractivity contribution in [3.8, 4) is 5.75 Å². The third-order valence-corrected chi connectivity index (χ3v) is 5.04. The van der Waals surface area contributed by atoms with Gasteiger partial charge in [-0.05, 0) is 30.4 Å². The zero-order valence-electron chi connectivity index (χ0n) is 15.6. The van der Waals surface area contributed by atoms with Gasteiger partial charge in [0.2, 0.25) is 5.91 Å². The molecule has 7 heteroatoms. The first-order valence-corrected chi connectivity index (χ1v) is 9.36. The monoisotopic (exact) mass is 381 g/mol. The second-order valence-electron chi connectivity index (χ2n) is 8.03. The molecule has 6 nitrogen and oxygen atoms in total. The van der Waals surface area contributed by atoms with E-state index in [1.807, 2.05) is 20.8 Å². The molecule has 1 aromatic rings. The van der Waals surface area contributed by atoms with Crippen molar-refractivity contribution in [2.24, 2.45) is 11.1 Å². The number of nitrogens with one attached hydrogen (secondary N) is 2. The minimum atomic E-state index is -0.747. The number of carbonyl (C=O) groups excluding carboxylic acids is 2. The minimum absolute atomic E-state index is 0.0611. The zero-order chi connectivity index (χ0) is 19.5. The van der Waals surface area contributed by atoms with Crippen LogP contribution in [0.25, 0.3) is 0 Å². The molecule has 0 aromatic heterocycles. The van der Waals surface area contributed by atoms with Gasteiger partial charge in [-0.1, -0.05) is 51.6 Å². The molecule has 1 saturated carbocycles. The van der Waals surface area contributed by atoms with E-state index in [1.165, 1.54) is 12.5 Å². The third kappa shape index (κ3) is 5.04. The van der Waals surface area contributed by atoms with E-state index in [0.29, 0.717) is 11.3 Å². The molecule has 1 aliphatic rings. The van der Waals surface area contributed by atoms with Gasteiger partial charge in [0.15, 0.2) is 0 Å². The Labute approximate surface area is 159 Å². The van der Waals surface area contributed by atoms with Crippen molar-refractivity contribution in [1.82, 2.24) is 5.32 Å². The van der Waals surface area contributed by atoms with Crippen molar-refractivity contribution in [1.29, 1.82) is 0 Å². The Hall–Kier alpha value is -1.95. The molecular formula is C19H28ClN3O3. The van der Waals surface area contributed by atoms with Gasteiger partial charge < -0.3 is 21.5 Å². The van der Waals surface area contributed by atoms with E-state index in [-0.39, 0.29) is 22.8 Å². The van der Waals surface area contributed by atoms with Crippen LogP contribution in [-0.4, -0.2) is 23.1 Å². The van der Waals surface area contributed by atoms with Crippen molar-refractivity contribution in [2.75, 3.05) is 5.32 Å². The van der Waals surface area contributed by atoms with Crippen molar-refractivity contribution in [2.45, 2.75) is 64.8 Å². The lowest BCUT2D eigenvalue weighted by molar-refractivity contribution is -0.121. The molecule has 0 bridgehead atoms. The number of anilines is 1. The number of primary amides is 1. The minimum Gasteiger partial charge on any atom is -0.506 e. The van der Waals surface area contributed by atoms with Crippen LogP contribution in [0.5, 0.6) is 5.75 Å². The van der Waals surface area contributed by atoms with Gasteiger partial charge >= 0.3 is 6.03 Å². The van der Waals surface area contributed by atoms with Crippen LogP contribution in [-0.2, 0) is 4.79 Å². The molecule has 1 atom stereocenters. The molecule has 5 N–H and O–H groups in total. The van der Waals surface area contributed by atoms with Crippen LogP contribution in [0.2, 0.25) is 5.02 Å². The third-order valence-electron chi connectivity index (χ3n) is 4.75. The van der Waals surface area contributed by atoms with Gasteiger partial charge in [0.1, 0.15) is 5.75 Å². The number of urea groups is 1. The van der Waals surface area contributed by atoms with Gasteiger partial charge in [0, 0.05) is 17.3 Å². The molecule has 144 valence electrons. The van der Waals surface area contributed by atoms with Crippen molar-refractivity contribution in [3.63, 3.8) is 0 Å². The quantitative estimate of drug-likeness (QED) is 0.589. The standard InChI is InChI=1S/C19H28ClN3O3/c1-19(2,3)15(17(21)25)13-9-12(10-14(20)16(13)24)23-18(26)22-11-7-5-4-6-8-11/h9-11,15,24H,4-8H2,1-3H3,(H2,21,25)(H2,22,23,26). The molecule has 0 aliphatic heterocycles. The average Bonchev–Trinajstić information content (AvgIpc) is 2.51. The largest absolute Gasteiger partial charge is 0.506 e. The maximum Gasteiger partial charge on any atom is 0.319 e. The number of amides is 3. The van der Waals surface area contributed by atoms with Gasteiger partial charge in [-0.15, -0.1) is 0 Å². The SMILES string of the molecule is CC(C)(C)C(C(N)=O)c1cc(NC(=O)NC2CCCCC2)cc(Cl)c1O. The summed E-state index contributed by atoms with van der Waals surface area (Å²) in [5, 5.41) is 16.1. The number of rotatable bonds is 4. The van der Waals surface area contributed by atoms with E-state index in [2.05, 4.69) is 10.6 Å². The number of hydrogen-bond acceptors (Lipinski definition) is 3. The van der Waals surface area contributed by atoms with Crippen LogP contribution in [0.1, 0.15) is 64.4 Å². The van der Waals surface area contributed by atoms with Crippen molar-refractivity contribution in [3.05, 3.63) is 22.7 Å². The highest BCUT2D eigenvalue weighted by molar-refractivity contribution is 6.32. The maximum absolute atomic E-state index is 12.3.